The van der Waals surface area contributed by atoms with E-state index in [-0.39, 0.29) is 11.7 Å². The van der Waals surface area contributed by atoms with E-state index in [4.69, 9.17) is 4.42 Å². The molecule has 1 aromatic heterocycles. The minimum atomic E-state index is -0.429. The molecule has 2 amide bonds. The fourth-order valence-electron chi connectivity index (χ4n) is 3.01. The van der Waals surface area contributed by atoms with Gasteiger partial charge >= 0.3 is 0 Å². The second-order valence-corrected chi connectivity index (χ2v) is 6.45. The maximum Gasteiger partial charge on any atom is 0.293 e. The van der Waals surface area contributed by atoms with Crippen LogP contribution in [0.5, 0.6) is 0 Å². The highest BCUT2D eigenvalue weighted by Crippen LogP contribution is 2.32. The quantitative estimate of drug-likeness (QED) is 0.516. The van der Waals surface area contributed by atoms with Gasteiger partial charge in [-0.15, -0.1) is 0 Å². The van der Waals surface area contributed by atoms with Gasteiger partial charge in [0.15, 0.2) is 0 Å². The average molecular weight is 370 g/mol. The Morgan fingerprint density at radius 3 is 2.32 bits per heavy atom. The van der Waals surface area contributed by atoms with Crippen LogP contribution in [0.15, 0.2) is 83.3 Å². The Morgan fingerprint density at radius 1 is 0.786 bits per heavy atom. The van der Waals surface area contributed by atoms with Crippen LogP contribution in [-0.4, -0.2) is 11.8 Å². The molecule has 0 radical (unpaired) electrons. The molecular weight excluding hydrogens is 352 g/mol. The number of anilines is 2. The number of hydrogen-bond acceptors (Lipinski definition) is 3. The summed E-state index contributed by atoms with van der Waals surface area (Å²) in [4.78, 5) is 25.6. The second kappa shape index (κ2) is 7.40. The van der Waals surface area contributed by atoms with E-state index in [1.54, 1.807) is 30.3 Å². The van der Waals surface area contributed by atoms with Gasteiger partial charge < -0.3 is 15.1 Å². The number of benzene rings is 3. The van der Waals surface area contributed by atoms with Crippen molar-refractivity contribution in [2.24, 2.45) is 0 Å². The number of para-hydroxylation sites is 2. The third kappa shape index (κ3) is 3.50. The van der Waals surface area contributed by atoms with Crippen LogP contribution in [0.1, 0.15) is 26.5 Å². The highest BCUT2D eigenvalue weighted by molar-refractivity contribution is 6.16. The number of amides is 2. The maximum atomic E-state index is 12.8. The molecule has 2 N–H and O–H groups in total. The molecule has 0 atom stereocenters. The summed E-state index contributed by atoms with van der Waals surface area (Å²) >= 11 is 0. The first kappa shape index (κ1) is 17.5. The number of fused-ring (bicyclic) bond motifs is 1. The molecule has 0 bridgehead atoms. The van der Waals surface area contributed by atoms with Crippen molar-refractivity contribution in [3.63, 3.8) is 0 Å². The molecule has 0 saturated heterocycles. The number of aryl methyl sites for hydroxylation is 1. The van der Waals surface area contributed by atoms with Crippen molar-refractivity contribution in [3.05, 3.63) is 95.7 Å². The summed E-state index contributed by atoms with van der Waals surface area (Å²) in [7, 11) is 0. The van der Waals surface area contributed by atoms with Crippen LogP contribution in [0.2, 0.25) is 0 Å². The number of carbonyl (C=O) groups excluding carboxylic acids is 2. The van der Waals surface area contributed by atoms with E-state index in [9.17, 15) is 9.59 Å². The molecule has 3 aromatic carbocycles. The van der Waals surface area contributed by atoms with Crippen molar-refractivity contribution in [2.45, 2.75) is 6.92 Å². The molecule has 5 heteroatoms. The normalized spacial score (nSPS) is 10.6. The third-order valence-corrected chi connectivity index (χ3v) is 4.35. The molecule has 4 rings (SSSR count). The van der Waals surface area contributed by atoms with E-state index in [0.717, 1.165) is 5.56 Å². The third-order valence-electron chi connectivity index (χ3n) is 4.35. The lowest BCUT2D eigenvalue weighted by Gasteiger charge is -2.08. The SMILES string of the molecule is Cc1cccc(C(=O)Nc2c(C(=O)Nc3ccccc3)oc3ccccc23)c1. The van der Waals surface area contributed by atoms with Crippen LogP contribution in [0.4, 0.5) is 11.4 Å². The number of carbonyl (C=O) groups is 2. The van der Waals surface area contributed by atoms with Gasteiger partial charge in [-0.25, -0.2) is 0 Å². The molecule has 0 spiro atoms. The van der Waals surface area contributed by atoms with Gasteiger partial charge in [0.05, 0.1) is 0 Å². The van der Waals surface area contributed by atoms with Gasteiger partial charge in [0.2, 0.25) is 5.76 Å². The van der Waals surface area contributed by atoms with Crippen molar-refractivity contribution < 1.29 is 14.0 Å². The summed E-state index contributed by atoms with van der Waals surface area (Å²) in [6.45, 7) is 1.92. The van der Waals surface area contributed by atoms with Crippen LogP contribution in [0.25, 0.3) is 11.0 Å². The largest absolute Gasteiger partial charge is 0.449 e. The minimum absolute atomic E-state index is 0.0612. The average Bonchev–Trinajstić information content (AvgIpc) is 3.07. The van der Waals surface area contributed by atoms with Crippen molar-refractivity contribution in [1.29, 1.82) is 0 Å². The lowest BCUT2D eigenvalue weighted by Crippen LogP contribution is -2.17. The molecule has 1 heterocycles. The lowest BCUT2D eigenvalue weighted by molar-refractivity contribution is 0.0999. The van der Waals surface area contributed by atoms with Crippen molar-refractivity contribution in [1.82, 2.24) is 0 Å². The molecule has 0 unspecified atom stereocenters. The number of hydrogen-bond donors (Lipinski definition) is 2. The van der Waals surface area contributed by atoms with E-state index < -0.39 is 5.91 Å². The van der Waals surface area contributed by atoms with E-state index in [0.29, 0.717) is 27.9 Å². The Kier molecular flexibility index (Phi) is 4.64. The molecule has 0 fully saturated rings. The van der Waals surface area contributed by atoms with Crippen molar-refractivity contribution in [3.8, 4) is 0 Å². The molecule has 28 heavy (non-hydrogen) atoms. The number of nitrogens with one attached hydrogen (secondary N) is 2. The molecule has 5 nitrogen and oxygen atoms in total. The Bertz CT molecular complexity index is 1160. The summed E-state index contributed by atoms with van der Waals surface area (Å²) in [5.41, 5.74) is 3.02. The molecule has 4 aromatic rings. The standard InChI is InChI=1S/C23H18N2O3/c1-15-8-7-9-16(14-15)22(26)25-20-18-12-5-6-13-19(18)28-21(20)23(27)24-17-10-3-2-4-11-17/h2-14H,1H3,(H,24,27)(H,25,26). The summed E-state index contributed by atoms with van der Waals surface area (Å²) in [6.07, 6.45) is 0. The predicted molar refractivity (Wildman–Crippen MR) is 110 cm³/mol. The summed E-state index contributed by atoms with van der Waals surface area (Å²) < 4.78 is 5.77. The van der Waals surface area contributed by atoms with E-state index in [1.165, 1.54) is 0 Å². The van der Waals surface area contributed by atoms with Gasteiger partial charge in [0.25, 0.3) is 11.8 Å². The topological polar surface area (TPSA) is 71.3 Å². The van der Waals surface area contributed by atoms with E-state index in [1.807, 2.05) is 55.5 Å². The predicted octanol–water partition coefficient (Wildman–Crippen LogP) is 5.25. The second-order valence-electron chi connectivity index (χ2n) is 6.45. The zero-order chi connectivity index (χ0) is 19.5. The Labute approximate surface area is 162 Å². The molecule has 0 saturated carbocycles. The van der Waals surface area contributed by atoms with Crippen LogP contribution < -0.4 is 10.6 Å². The van der Waals surface area contributed by atoms with E-state index >= 15 is 0 Å². The highest BCUT2D eigenvalue weighted by atomic mass is 16.3. The monoisotopic (exact) mass is 370 g/mol. The fourth-order valence-corrected chi connectivity index (χ4v) is 3.01. The smallest absolute Gasteiger partial charge is 0.293 e. The van der Waals surface area contributed by atoms with Crippen LogP contribution >= 0.6 is 0 Å². The summed E-state index contributed by atoms with van der Waals surface area (Å²) in [5.74, 6) is -0.669. The molecule has 0 aliphatic rings. The van der Waals surface area contributed by atoms with E-state index in [2.05, 4.69) is 10.6 Å². The first-order valence-electron chi connectivity index (χ1n) is 8.88. The van der Waals surface area contributed by atoms with Gasteiger partial charge in [-0.2, -0.15) is 0 Å². The van der Waals surface area contributed by atoms with Crippen LogP contribution in [-0.2, 0) is 0 Å². The molecule has 0 aliphatic carbocycles. The zero-order valence-corrected chi connectivity index (χ0v) is 15.2. The minimum Gasteiger partial charge on any atom is -0.449 e. The number of rotatable bonds is 4. The van der Waals surface area contributed by atoms with Gasteiger partial charge in [0.1, 0.15) is 11.3 Å². The zero-order valence-electron chi connectivity index (χ0n) is 15.2. The molecule has 138 valence electrons. The van der Waals surface area contributed by atoms with Crippen LogP contribution in [0.3, 0.4) is 0 Å². The maximum absolute atomic E-state index is 12.8. The Morgan fingerprint density at radius 2 is 1.54 bits per heavy atom. The first-order chi connectivity index (χ1) is 13.6. The number of furan rings is 1. The first-order valence-corrected chi connectivity index (χ1v) is 8.88. The summed E-state index contributed by atoms with van der Waals surface area (Å²) in [5, 5.41) is 6.32. The summed E-state index contributed by atoms with van der Waals surface area (Å²) in [6, 6.07) is 23.6. The Hall–Kier alpha value is -3.86. The Balaban J connectivity index is 1.71. The van der Waals surface area contributed by atoms with Gasteiger partial charge in [-0.1, -0.05) is 48.0 Å². The lowest BCUT2D eigenvalue weighted by atomic mass is 10.1. The van der Waals surface area contributed by atoms with Crippen molar-refractivity contribution >= 4 is 34.2 Å². The molecular formula is C23H18N2O3. The fraction of sp³-hybridized carbons (Fsp3) is 0.0435. The van der Waals surface area contributed by atoms with Gasteiger partial charge in [-0.3, -0.25) is 9.59 Å². The van der Waals surface area contributed by atoms with Gasteiger partial charge in [0, 0.05) is 16.6 Å². The van der Waals surface area contributed by atoms with Gasteiger partial charge in [-0.05, 0) is 43.3 Å². The molecule has 0 aliphatic heterocycles. The van der Waals surface area contributed by atoms with Crippen LogP contribution in [0, 0.1) is 6.92 Å². The van der Waals surface area contributed by atoms with Crippen molar-refractivity contribution in [2.75, 3.05) is 10.6 Å². The highest BCUT2D eigenvalue weighted by Gasteiger charge is 2.22.